The number of benzene rings is 1. The number of amides is 1. The number of hydrogen-bond acceptors (Lipinski definition) is 5. The number of aromatic nitrogens is 2. The van der Waals surface area contributed by atoms with E-state index in [0.29, 0.717) is 28.4 Å². The molecule has 0 aliphatic carbocycles. The van der Waals surface area contributed by atoms with Crippen LogP contribution in [0.1, 0.15) is 22.2 Å². The predicted molar refractivity (Wildman–Crippen MR) is 119 cm³/mol. The third kappa shape index (κ3) is 3.82. The lowest BCUT2D eigenvalue weighted by atomic mass is 10.0. The molecule has 0 saturated heterocycles. The van der Waals surface area contributed by atoms with Crippen LogP contribution >= 0.6 is 11.3 Å². The summed E-state index contributed by atoms with van der Waals surface area (Å²) in [6.45, 7) is 1.78. The molecule has 4 rings (SSSR count). The number of nitrogens with two attached hydrogens (primary N) is 1. The molecule has 0 bridgehead atoms. The lowest BCUT2D eigenvalue weighted by molar-refractivity contribution is 0.103. The van der Waals surface area contributed by atoms with Gasteiger partial charge >= 0.3 is 0 Å². The van der Waals surface area contributed by atoms with Gasteiger partial charge in [0.25, 0.3) is 5.91 Å². The Balaban J connectivity index is 1.80. The Bertz CT molecular complexity index is 1220. The van der Waals surface area contributed by atoms with Gasteiger partial charge in [-0.15, -0.1) is 17.3 Å². The number of nitrogens with one attached hydrogen (secondary N) is 1. The summed E-state index contributed by atoms with van der Waals surface area (Å²) in [5.74, 6) is 5.71. The van der Waals surface area contributed by atoms with E-state index in [9.17, 15) is 4.79 Å². The predicted octanol–water partition coefficient (Wildman–Crippen LogP) is 4.76. The minimum Gasteiger partial charge on any atom is -0.397 e. The van der Waals surface area contributed by atoms with Gasteiger partial charge in [-0.3, -0.25) is 9.78 Å². The van der Waals surface area contributed by atoms with E-state index in [4.69, 9.17) is 5.73 Å². The van der Waals surface area contributed by atoms with Gasteiger partial charge in [0.2, 0.25) is 0 Å². The second-order valence-corrected chi connectivity index (χ2v) is 7.38. The van der Waals surface area contributed by atoms with Gasteiger partial charge in [-0.1, -0.05) is 42.3 Å². The third-order valence-electron chi connectivity index (χ3n) is 4.47. The number of fused-ring (bicyclic) bond motifs is 1. The van der Waals surface area contributed by atoms with Crippen molar-refractivity contribution in [1.82, 2.24) is 9.97 Å². The lowest BCUT2D eigenvalue weighted by Gasteiger charge is -2.16. The third-order valence-corrected chi connectivity index (χ3v) is 5.52. The zero-order chi connectivity index (χ0) is 20.2. The Hall–Kier alpha value is -3.69. The van der Waals surface area contributed by atoms with Crippen LogP contribution in [0.4, 0.5) is 11.4 Å². The topological polar surface area (TPSA) is 80.9 Å². The van der Waals surface area contributed by atoms with Gasteiger partial charge in [-0.25, -0.2) is 4.98 Å². The first-order valence-corrected chi connectivity index (χ1v) is 9.87. The summed E-state index contributed by atoms with van der Waals surface area (Å²) < 4.78 is 0. The second kappa shape index (κ2) is 8.13. The van der Waals surface area contributed by atoms with E-state index in [1.807, 2.05) is 48.5 Å². The zero-order valence-electron chi connectivity index (χ0n) is 15.8. The first kappa shape index (κ1) is 18.7. The normalized spacial score (nSPS) is 10.4. The maximum Gasteiger partial charge on any atom is 0.265 e. The average molecular weight is 398 g/mol. The van der Waals surface area contributed by atoms with Crippen molar-refractivity contribution < 1.29 is 4.79 Å². The van der Waals surface area contributed by atoms with Crippen LogP contribution in [0.3, 0.4) is 0 Å². The molecule has 4 aromatic rings. The molecule has 29 heavy (non-hydrogen) atoms. The van der Waals surface area contributed by atoms with Gasteiger partial charge in [0.15, 0.2) is 0 Å². The van der Waals surface area contributed by atoms with Crippen LogP contribution in [0.5, 0.6) is 0 Å². The van der Waals surface area contributed by atoms with Gasteiger partial charge in [-0.2, -0.15) is 0 Å². The Morgan fingerprint density at radius 1 is 1.17 bits per heavy atom. The van der Waals surface area contributed by atoms with Crippen molar-refractivity contribution in [1.29, 1.82) is 0 Å². The van der Waals surface area contributed by atoms with E-state index in [1.54, 1.807) is 19.3 Å². The molecule has 3 N–H and O–H groups in total. The van der Waals surface area contributed by atoms with Crippen molar-refractivity contribution in [2.45, 2.75) is 13.3 Å². The van der Waals surface area contributed by atoms with Crippen molar-refractivity contribution in [3.63, 3.8) is 0 Å². The van der Waals surface area contributed by atoms with E-state index >= 15 is 0 Å². The molecule has 0 aliphatic rings. The fraction of sp³-hybridized carbons (Fsp3) is 0.0870. The van der Waals surface area contributed by atoms with Crippen LogP contribution in [0.15, 0.2) is 60.9 Å². The summed E-state index contributed by atoms with van der Waals surface area (Å²) in [5, 5.41) is 3.98. The molecule has 1 aromatic carbocycles. The largest absolute Gasteiger partial charge is 0.397 e. The number of carbonyl (C=O) groups is 1. The van der Waals surface area contributed by atoms with E-state index in [2.05, 4.69) is 27.1 Å². The summed E-state index contributed by atoms with van der Waals surface area (Å²) >= 11 is 1.35. The SMILES string of the molecule is CC#CCc1c(N)cnc(-c2ccccc2)c1NC(=O)c1cc2cccnc2s1. The van der Waals surface area contributed by atoms with Gasteiger partial charge in [0.1, 0.15) is 4.83 Å². The highest BCUT2D eigenvalue weighted by atomic mass is 32.1. The average Bonchev–Trinajstić information content (AvgIpc) is 3.19. The van der Waals surface area contributed by atoms with Crippen molar-refractivity contribution in [2.75, 3.05) is 11.1 Å². The molecule has 0 saturated carbocycles. The van der Waals surface area contributed by atoms with Crippen LogP contribution in [0.25, 0.3) is 21.5 Å². The molecule has 142 valence electrons. The first-order chi connectivity index (χ1) is 14.2. The summed E-state index contributed by atoms with van der Waals surface area (Å²) in [7, 11) is 0. The van der Waals surface area contributed by atoms with Crippen molar-refractivity contribution >= 4 is 38.8 Å². The smallest absolute Gasteiger partial charge is 0.265 e. The molecule has 0 spiro atoms. The Labute approximate surface area is 172 Å². The standard InChI is InChI=1S/C23H18N4OS/c1-2-3-11-17-18(24)14-26-20(15-8-5-4-6-9-15)21(17)27-22(28)19-13-16-10-7-12-25-23(16)29-19/h4-10,12-14H,11,24H2,1H3,(H,27,28). The van der Waals surface area contributed by atoms with E-state index in [1.165, 1.54) is 11.3 Å². The molecule has 0 radical (unpaired) electrons. The van der Waals surface area contributed by atoms with Crippen molar-refractivity contribution in [2.24, 2.45) is 0 Å². The number of anilines is 2. The van der Waals surface area contributed by atoms with Gasteiger partial charge in [-0.05, 0) is 19.1 Å². The van der Waals surface area contributed by atoms with Crippen LogP contribution in [0, 0.1) is 11.8 Å². The maximum absolute atomic E-state index is 13.1. The Morgan fingerprint density at radius 3 is 2.76 bits per heavy atom. The summed E-state index contributed by atoms with van der Waals surface area (Å²) in [6, 6.07) is 15.3. The summed E-state index contributed by atoms with van der Waals surface area (Å²) in [4.78, 5) is 23.3. The van der Waals surface area contributed by atoms with E-state index in [0.717, 1.165) is 21.3 Å². The number of carbonyl (C=O) groups excluding carboxylic acids is 1. The molecule has 5 nitrogen and oxygen atoms in total. The highest BCUT2D eigenvalue weighted by Gasteiger charge is 2.19. The Kier molecular flexibility index (Phi) is 5.23. The number of rotatable bonds is 4. The monoisotopic (exact) mass is 398 g/mol. The van der Waals surface area contributed by atoms with Crippen LogP contribution in [0.2, 0.25) is 0 Å². The van der Waals surface area contributed by atoms with Gasteiger partial charge < -0.3 is 11.1 Å². The van der Waals surface area contributed by atoms with Crippen LogP contribution < -0.4 is 11.1 Å². The summed E-state index contributed by atoms with van der Waals surface area (Å²) in [5.41, 5.74) is 9.62. The quantitative estimate of drug-likeness (QED) is 0.486. The second-order valence-electron chi connectivity index (χ2n) is 6.35. The highest BCUT2D eigenvalue weighted by molar-refractivity contribution is 7.20. The molecular formula is C23H18N4OS. The molecule has 0 fully saturated rings. The zero-order valence-corrected chi connectivity index (χ0v) is 16.6. The van der Waals surface area contributed by atoms with Crippen molar-refractivity contribution in [3.8, 4) is 23.1 Å². The number of hydrogen-bond donors (Lipinski definition) is 2. The highest BCUT2D eigenvalue weighted by Crippen LogP contribution is 2.34. The van der Waals surface area contributed by atoms with E-state index < -0.39 is 0 Å². The Morgan fingerprint density at radius 2 is 2.00 bits per heavy atom. The van der Waals surface area contributed by atoms with E-state index in [-0.39, 0.29) is 5.91 Å². The molecule has 6 heteroatoms. The lowest BCUT2D eigenvalue weighted by Crippen LogP contribution is -2.14. The number of nitrogen functional groups attached to an aromatic ring is 1. The molecule has 1 amide bonds. The van der Waals surface area contributed by atoms with Gasteiger partial charge in [0.05, 0.1) is 28.1 Å². The first-order valence-electron chi connectivity index (χ1n) is 9.05. The molecule has 0 unspecified atom stereocenters. The number of nitrogens with zero attached hydrogens (tertiary/aromatic N) is 2. The number of pyridine rings is 2. The fourth-order valence-electron chi connectivity index (χ4n) is 3.04. The van der Waals surface area contributed by atoms with Gasteiger partial charge in [0, 0.05) is 29.1 Å². The minimum absolute atomic E-state index is 0.219. The minimum atomic E-state index is -0.219. The molecule has 0 atom stereocenters. The maximum atomic E-state index is 13.1. The molecular weight excluding hydrogens is 380 g/mol. The van der Waals surface area contributed by atoms with Crippen LogP contribution in [-0.4, -0.2) is 15.9 Å². The molecule has 0 aliphatic heterocycles. The fourth-order valence-corrected chi connectivity index (χ4v) is 3.94. The molecule has 3 heterocycles. The van der Waals surface area contributed by atoms with Crippen molar-refractivity contribution in [3.05, 3.63) is 71.4 Å². The number of thiophene rings is 1. The summed E-state index contributed by atoms with van der Waals surface area (Å²) in [6.07, 6.45) is 3.76. The molecule has 3 aromatic heterocycles. The van der Waals surface area contributed by atoms with Crippen LogP contribution in [-0.2, 0) is 6.42 Å².